The van der Waals surface area contributed by atoms with Gasteiger partial charge in [-0.25, -0.2) is 0 Å². The van der Waals surface area contributed by atoms with Crippen LogP contribution in [0.15, 0.2) is 12.4 Å². The number of methoxy groups -OCH3 is 1. The zero-order valence-corrected chi connectivity index (χ0v) is 21.2. The molecule has 0 bridgehead atoms. The minimum absolute atomic E-state index is 0.150. The van der Waals surface area contributed by atoms with Gasteiger partial charge in [-0.1, -0.05) is 20.3 Å². The molecule has 5 heteroatoms. The molecule has 0 aliphatic heterocycles. The molecule has 0 radical (unpaired) electrons. The number of carbonyl (C=O) groups is 1. The zero-order chi connectivity index (χ0) is 23.2. The third-order valence-electron chi connectivity index (χ3n) is 10.7. The van der Waals surface area contributed by atoms with Gasteiger partial charge in [-0.2, -0.15) is 5.10 Å². The zero-order valence-electron chi connectivity index (χ0n) is 21.2. The molecule has 1 heterocycles. The number of ketones is 1. The van der Waals surface area contributed by atoms with Gasteiger partial charge in [0.1, 0.15) is 0 Å². The lowest BCUT2D eigenvalue weighted by Gasteiger charge is -2.61. The summed E-state index contributed by atoms with van der Waals surface area (Å²) in [6, 6.07) is 0. The molecule has 0 saturated heterocycles. The summed E-state index contributed by atoms with van der Waals surface area (Å²) >= 11 is 0. The van der Waals surface area contributed by atoms with Crippen molar-refractivity contribution in [2.45, 2.75) is 85.1 Å². The first-order chi connectivity index (χ1) is 15.9. The van der Waals surface area contributed by atoms with Crippen molar-refractivity contribution in [3.8, 4) is 5.75 Å². The van der Waals surface area contributed by atoms with Crippen LogP contribution in [0.25, 0.3) is 0 Å². The second-order valence-corrected chi connectivity index (χ2v) is 12.1. The van der Waals surface area contributed by atoms with Gasteiger partial charge in [-0.05, 0) is 98.7 Å². The van der Waals surface area contributed by atoms with Crippen LogP contribution in [0.2, 0.25) is 0 Å². The second kappa shape index (κ2) is 9.02. The van der Waals surface area contributed by atoms with Gasteiger partial charge in [0.2, 0.25) is 0 Å². The summed E-state index contributed by atoms with van der Waals surface area (Å²) in [5.41, 5.74) is 0.537. The Balaban J connectivity index is 1.33. The van der Waals surface area contributed by atoms with E-state index in [1.54, 1.807) is 10.9 Å². The molecule has 0 N–H and O–H groups in total. The molecule has 1 aromatic heterocycles. The van der Waals surface area contributed by atoms with E-state index < -0.39 is 0 Å². The number of fused-ring (bicyclic) bond motifs is 5. The molecule has 4 saturated carbocycles. The van der Waals surface area contributed by atoms with E-state index in [1.807, 2.05) is 20.2 Å². The van der Waals surface area contributed by atoms with Crippen molar-refractivity contribution >= 4 is 5.78 Å². The van der Waals surface area contributed by atoms with Crippen LogP contribution in [-0.4, -0.2) is 35.9 Å². The minimum Gasteiger partial charge on any atom is -0.491 e. The summed E-state index contributed by atoms with van der Waals surface area (Å²) in [4.78, 5) is 13.5. The first-order valence-electron chi connectivity index (χ1n) is 13.6. The Morgan fingerprint density at radius 1 is 1.15 bits per heavy atom. The Morgan fingerprint density at radius 2 is 2.00 bits per heavy atom. The second-order valence-electron chi connectivity index (χ2n) is 12.1. The van der Waals surface area contributed by atoms with Crippen molar-refractivity contribution in [3.05, 3.63) is 12.4 Å². The van der Waals surface area contributed by atoms with Crippen molar-refractivity contribution in [2.24, 2.45) is 46.3 Å². The van der Waals surface area contributed by atoms with Crippen molar-refractivity contribution in [3.63, 3.8) is 0 Å². The molecule has 8 atom stereocenters. The molecule has 184 valence electrons. The molecule has 4 fully saturated rings. The Kier molecular flexibility index (Phi) is 6.39. The molecule has 8 unspecified atom stereocenters. The maximum atomic E-state index is 13.5. The summed E-state index contributed by atoms with van der Waals surface area (Å²) in [5, 5.41) is 4.38. The fourth-order valence-corrected chi connectivity index (χ4v) is 9.29. The number of Topliss-reactive ketones (excluding diaryl/α,β-unsaturated/α-hetero) is 1. The maximum Gasteiger partial charge on any atom is 0.157 e. The highest BCUT2D eigenvalue weighted by Crippen LogP contribution is 2.68. The molecule has 0 aromatic carbocycles. The molecule has 4 aliphatic carbocycles. The van der Waals surface area contributed by atoms with Gasteiger partial charge < -0.3 is 9.47 Å². The van der Waals surface area contributed by atoms with E-state index >= 15 is 0 Å². The average Bonchev–Trinajstić information content (AvgIpc) is 3.38. The van der Waals surface area contributed by atoms with Gasteiger partial charge in [0.05, 0.1) is 32.2 Å². The highest BCUT2D eigenvalue weighted by atomic mass is 16.5. The fraction of sp³-hybridized carbons (Fsp3) is 0.857. The predicted molar refractivity (Wildman–Crippen MR) is 129 cm³/mol. The van der Waals surface area contributed by atoms with Crippen LogP contribution in [0, 0.1) is 46.3 Å². The fourth-order valence-electron chi connectivity index (χ4n) is 9.29. The van der Waals surface area contributed by atoms with Gasteiger partial charge >= 0.3 is 0 Å². The molecule has 33 heavy (non-hydrogen) atoms. The number of ether oxygens (including phenoxy) is 2. The summed E-state index contributed by atoms with van der Waals surface area (Å²) in [6.45, 7) is 8.81. The average molecular weight is 457 g/mol. The number of carbonyl (C=O) groups excluding carboxylic acids is 1. The monoisotopic (exact) mass is 456 g/mol. The van der Waals surface area contributed by atoms with Crippen LogP contribution in [0.3, 0.4) is 0 Å². The van der Waals surface area contributed by atoms with Crippen molar-refractivity contribution in [1.29, 1.82) is 0 Å². The first-order valence-corrected chi connectivity index (χ1v) is 13.6. The number of aromatic nitrogens is 2. The molecular formula is C28H44N2O3. The van der Waals surface area contributed by atoms with Crippen molar-refractivity contribution in [1.82, 2.24) is 9.78 Å². The molecule has 4 aliphatic rings. The number of hydrogen-bond acceptors (Lipinski definition) is 4. The summed E-state index contributed by atoms with van der Waals surface area (Å²) in [5.74, 6) is 5.25. The lowest BCUT2D eigenvalue weighted by Crippen LogP contribution is -2.56. The largest absolute Gasteiger partial charge is 0.491 e. The van der Waals surface area contributed by atoms with Crippen LogP contribution >= 0.6 is 0 Å². The number of nitrogens with zero attached hydrogens (tertiary/aromatic N) is 2. The maximum absolute atomic E-state index is 13.5. The molecule has 0 amide bonds. The van der Waals surface area contributed by atoms with E-state index in [0.29, 0.717) is 30.3 Å². The van der Waals surface area contributed by atoms with Gasteiger partial charge in [0.15, 0.2) is 11.5 Å². The molecule has 5 nitrogen and oxygen atoms in total. The molecule has 0 spiro atoms. The quantitative estimate of drug-likeness (QED) is 0.522. The lowest BCUT2D eigenvalue weighted by molar-refractivity contribution is -0.154. The van der Waals surface area contributed by atoms with Gasteiger partial charge in [0, 0.05) is 13.0 Å². The summed E-state index contributed by atoms with van der Waals surface area (Å²) in [7, 11) is 1.91. The van der Waals surface area contributed by atoms with Crippen LogP contribution < -0.4 is 4.74 Å². The third-order valence-corrected chi connectivity index (χ3v) is 10.7. The predicted octanol–water partition coefficient (Wildman–Crippen LogP) is 5.77. The topological polar surface area (TPSA) is 53.4 Å². The van der Waals surface area contributed by atoms with Crippen molar-refractivity contribution < 1.29 is 14.3 Å². The van der Waals surface area contributed by atoms with Crippen LogP contribution in [0.4, 0.5) is 0 Å². The SMILES string of the molecule is CCOc1cnn(CC(=O)C2CCC3C4CCC5CC(C)CCC5(COC)C4CCC23C)c1. The van der Waals surface area contributed by atoms with Gasteiger partial charge in [-0.15, -0.1) is 0 Å². The van der Waals surface area contributed by atoms with Gasteiger partial charge in [-0.3, -0.25) is 9.48 Å². The van der Waals surface area contributed by atoms with Crippen LogP contribution in [0.1, 0.15) is 78.6 Å². The van der Waals surface area contributed by atoms with E-state index in [2.05, 4.69) is 18.9 Å². The van der Waals surface area contributed by atoms with Gasteiger partial charge in [0.25, 0.3) is 0 Å². The Labute approximate surface area is 200 Å². The minimum atomic E-state index is 0.150. The first kappa shape index (κ1) is 23.4. The standard InChI is InChI=1S/C28H44N2O3/c1-5-33-21-15-29-30(16-21)17-26(31)25-9-8-23-22-7-6-20-14-19(2)10-13-28(20,18-32-4)24(22)11-12-27(23,25)3/h15-16,19-20,22-25H,5-14,17-18H2,1-4H3. The van der Waals surface area contributed by atoms with E-state index in [1.165, 1.54) is 51.4 Å². The Morgan fingerprint density at radius 3 is 2.79 bits per heavy atom. The van der Waals surface area contributed by atoms with E-state index in [4.69, 9.17) is 9.47 Å². The molecule has 1 aromatic rings. The van der Waals surface area contributed by atoms with E-state index in [9.17, 15) is 4.79 Å². The van der Waals surface area contributed by atoms with E-state index in [-0.39, 0.29) is 11.3 Å². The Hall–Kier alpha value is -1.36. The lowest BCUT2D eigenvalue weighted by atomic mass is 9.44. The van der Waals surface area contributed by atoms with Crippen molar-refractivity contribution in [2.75, 3.05) is 20.3 Å². The van der Waals surface area contributed by atoms with E-state index in [0.717, 1.165) is 42.4 Å². The summed E-state index contributed by atoms with van der Waals surface area (Å²) in [6.07, 6.45) is 15.2. The van der Waals surface area contributed by atoms with Crippen LogP contribution in [-0.2, 0) is 16.1 Å². The number of hydrogen-bond donors (Lipinski definition) is 0. The normalized spacial score (nSPS) is 42.3. The summed E-state index contributed by atoms with van der Waals surface area (Å²) < 4.78 is 13.2. The highest BCUT2D eigenvalue weighted by Gasteiger charge is 2.62. The Bertz CT molecular complexity index is 852. The highest BCUT2D eigenvalue weighted by molar-refractivity contribution is 5.82. The van der Waals surface area contributed by atoms with Crippen LogP contribution in [0.5, 0.6) is 5.75 Å². The smallest absolute Gasteiger partial charge is 0.157 e. The molecular weight excluding hydrogens is 412 g/mol. The third kappa shape index (κ3) is 3.86. The molecule has 5 rings (SSSR count). The number of rotatable bonds is 7.